The maximum atomic E-state index is 4.36. The molecule has 1 N–H and O–H groups in total. The summed E-state index contributed by atoms with van der Waals surface area (Å²) in [5.41, 5.74) is 1.40. The minimum Gasteiger partial charge on any atom is -0.313 e. The molecule has 4 heteroatoms. The number of rotatable bonds is 5. The van der Waals surface area contributed by atoms with Gasteiger partial charge in [-0.2, -0.15) is 0 Å². The Morgan fingerprint density at radius 1 is 1.18 bits per heavy atom. The summed E-state index contributed by atoms with van der Waals surface area (Å²) in [5, 5.41) is 12.4. The van der Waals surface area contributed by atoms with E-state index < -0.39 is 0 Å². The molecular formula is C18H26N4. The molecule has 0 fully saturated rings. The predicted molar refractivity (Wildman–Crippen MR) is 89.1 cm³/mol. The number of hydrogen-bond donors (Lipinski definition) is 1. The Morgan fingerprint density at radius 2 is 1.95 bits per heavy atom. The first-order valence-electron chi connectivity index (χ1n) is 8.35. The van der Waals surface area contributed by atoms with Crippen LogP contribution in [0.3, 0.4) is 0 Å². The second-order valence-corrected chi connectivity index (χ2v) is 6.70. The summed E-state index contributed by atoms with van der Waals surface area (Å²) < 4.78 is 2.32. The normalized spacial score (nSPS) is 19.2. The molecule has 0 saturated carbocycles. The van der Waals surface area contributed by atoms with Crippen LogP contribution < -0.4 is 5.32 Å². The van der Waals surface area contributed by atoms with Crippen molar-refractivity contribution in [3.05, 3.63) is 47.5 Å². The van der Waals surface area contributed by atoms with Crippen LogP contribution in [0, 0.1) is 0 Å². The van der Waals surface area contributed by atoms with Crippen LogP contribution in [0.1, 0.15) is 56.2 Å². The number of fused-ring (bicyclic) bond motifs is 1. The summed E-state index contributed by atoms with van der Waals surface area (Å²) in [6.07, 6.45) is 2.18. The van der Waals surface area contributed by atoms with E-state index in [0.717, 1.165) is 37.6 Å². The number of aromatic nitrogens is 3. The van der Waals surface area contributed by atoms with Crippen molar-refractivity contribution in [1.29, 1.82) is 0 Å². The molecule has 2 aromatic rings. The van der Waals surface area contributed by atoms with Crippen molar-refractivity contribution in [1.82, 2.24) is 20.1 Å². The molecule has 0 unspecified atom stereocenters. The summed E-state index contributed by atoms with van der Waals surface area (Å²) in [7, 11) is 0. The molecule has 2 atom stereocenters. The summed E-state index contributed by atoms with van der Waals surface area (Å²) in [6, 6.07) is 11.2. The quantitative estimate of drug-likeness (QED) is 0.922. The van der Waals surface area contributed by atoms with Gasteiger partial charge in [0.1, 0.15) is 11.6 Å². The van der Waals surface area contributed by atoms with Gasteiger partial charge in [0.15, 0.2) is 0 Å². The molecule has 0 amide bonds. The number of aryl methyl sites for hydroxylation is 1. The van der Waals surface area contributed by atoms with E-state index in [2.05, 4.69) is 71.2 Å². The average Bonchev–Trinajstić information content (AvgIpc) is 2.96. The van der Waals surface area contributed by atoms with Crippen molar-refractivity contribution in [2.75, 3.05) is 6.54 Å². The van der Waals surface area contributed by atoms with Gasteiger partial charge in [-0.25, -0.2) is 0 Å². The second-order valence-electron chi connectivity index (χ2n) is 6.70. The Morgan fingerprint density at radius 3 is 2.68 bits per heavy atom. The molecule has 0 spiro atoms. The van der Waals surface area contributed by atoms with Crippen LogP contribution in [0.4, 0.5) is 0 Å². The number of hydrogen-bond acceptors (Lipinski definition) is 3. The van der Waals surface area contributed by atoms with Crippen LogP contribution in [0.5, 0.6) is 0 Å². The van der Waals surface area contributed by atoms with Gasteiger partial charge in [-0.3, -0.25) is 0 Å². The third-order valence-electron chi connectivity index (χ3n) is 4.57. The Balaban J connectivity index is 1.60. The van der Waals surface area contributed by atoms with Gasteiger partial charge < -0.3 is 9.88 Å². The van der Waals surface area contributed by atoms with Crippen molar-refractivity contribution >= 4 is 0 Å². The molecule has 1 aromatic carbocycles. The monoisotopic (exact) mass is 298 g/mol. The third kappa shape index (κ3) is 3.22. The molecule has 2 heterocycles. The molecule has 4 nitrogen and oxygen atoms in total. The Bertz CT molecular complexity index is 603. The largest absolute Gasteiger partial charge is 0.313 e. The molecule has 1 aliphatic heterocycles. The molecule has 0 radical (unpaired) electrons. The third-order valence-corrected chi connectivity index (χ3v) is 4.57. The lowest BCUT2D eigenvalue weighted by atomic mass is 10.00. The smallest absolute Gasteiger partial charge is 0.135 e. The molecule has 22 heavy (non-hydrogen) atoms. The summed E-state index contributed by atoms with van der Waals surface area (Å²) in [5.74, 6) is 3.24. The Kier molecular flexibility index (Phi) is 4.57. The van der Waals surface area contributed by atoms with Crippen LogP contribution in [-0.4, -0.2) is 27.4 Å². The molecule has 3 rings (SSSR count). The van der Waals surface area contributed by atoms with E-state index in [1.807, 2.05) is 0 Å². The van der Waals surface area contributed by atoms with Crippen LogP contribution in [0.15, 0.2) is 30.3 Å². The van der Waals surface area contributed by atoms with E-state index in [0.29, 0.717) is 17.9 Å². The van der Waals surface area contributed by atoms with Crippen LogP contribution in [0.2, 0.25) is 0 Å². The fourth-order valence-electron chi connectivity index (χ4n) is 3.18. The summed E-state index contributed by atoms with van der Waals surface area (Å²) in [6.45, 7) is 8.67. The molecule has 0 saturated heterocycles. The van der Waals surface area contributed by atoms with E-state index in [1.54, 1.807) is 0 Å². The van der Waals surface area contributed by atoms with Gasteiger partial charge in [0.2, 0.25) is 0 Å². The predicted octanol–water partition coefficient (Wildman–Crippen LogP) is 3.11. The van der Waals surface area contributed by atoms with E-state index in [4.69, 9.17) is 0 Å². The first-order valence-corrected chi connectivity index (χ1v) is 8.35. The lowest BCUT2D eigenvalue weighted by Gasteiger charge is -2.27. The lowest BCUT2D eigenvalue weighted by molar-refractivity contribution is 0.366. The van der Waals surface area contributed by atoms with Gasteiger partial charge in [-0.1, -0.05) is 51.1 Å². The zero-order valence-electron chi connectivity index (χ0n) is 13.8. The van der Waals surface area contributed by atoms with E-state index in [1.165, 1.54) is 5.56 Å². The van der Waals surface area contributed by atoms with Gasteiger partial charge in [0.05, 0.1) is 0 Å². The van der Waals surface area contributed by atoms with Crippen LogP contribution in [-0.2, 0) is 13.0 Å². The van der Waals surface area contributed by atoms with Crippen molar-refractivity contribution in [3.63, 3.8) is 0 Å². The highest BCUT2D eigenvalue weighted by molar-refractivity contribution is 5.19. The zero-order chi connectivity index (χ0) is 15.5. The zero-order valence-corrected chi connectivity index (χ0v) is 13.8. The maximum Gasteiger partial charge on any atom is 0.135 e. The first-order chi connectivity index (χ1) is 10.6. The molecule has 118 valence electrons. The van der Waals surface area contributed by atoms with Crippen molar-refractivity contribution in [2.45, 2.75) is 58.0 Å². The van der Waals surface area contributed by atoms with Gasteiger partial charge in [-0.15, -0.1) is 10.2 Å². The Labute approximate surface area is 133 Å². The fourth-order valence-corrected chi connectivity index (χ4v) is 3.18. The number of nitrogens with zero attached hydrogens (tertiary/aromatic N) is 3. The summed E-state index contributed by atoms with van der Waals surface area (Å²) >= 11 is 0. The van der Waals surface area contributed by atoms with Crippen LogP contribution >= 0.6 is 0 Å². The van der Waals surface area contributed by atoms with Gasteiger partial charge in [0, 0.05) is 31.5 Å². The van der Waals surface area contributed by atoms with E-state index in [9.17, 15) is 0 Å². The van der Waals surface area contributed by atoms with Gasteiger partial charge in [0.25, 0.3) is 0 Å². The minimum absolute atomic E-state index is 0.434. The van der Waals surface area contributed by atoms with Gasteiger partial charge >= 0.3 is 0 Å². The average molecular weight is 298 g/mol. The number of benzene rings is 1. The molecular weight excluding hydrogens is 272 g/mol. The van der Waals surface area contributed by atoms with Crippen molar-refractivity contribution in [3.8, 4) is 0 Å². The van der Waals surface area contributed by atoms with E-state index in [-0.39, 0.29) is 0 Å². The first kappa shape index (κ1) is 15.2. The van der Waals surface area contributed by atoms with Gasteiger partial charge in [-0.05, 0) is 17.9 Å². The standard InChI is InChI=1S/C18H26N4/c1-13(2)18-21-20-17-10-9-16(12-22(17)18)19-11-14(3)15-7-5-4-6-8-15/h4-8,13-14,16,19H,9-12H2,1-3H3/t14-,16-/m1/s1. The SMILES string of the molecule is CC(C)c1nnc2n1C[C@H](NC[C@@H](C)c1ccccc1)CC2. The molecule has 1 aromatic heterocycles. The van der Waals surface area contributed by atoms with E-state index >= 15 is 0 Å². The van der Waals surface area contributed by atoms with Crippen molar-refractivity contribution < 1.29 is 0 Å². The lowest BCUT2D eigenvalue weighted by Crippen LogP contribution is -2.39. The minimum atomic E-state index is 0.434. The highest BCUT2D eigenvalue weighted by Crippen LogP contribution is 2.21. The highest BCUT2D eigenvalue weighted by Gasteiger charge is 2.23. The second kappa shape index (κ2) is 6.61. The summed E-state index contributed by atoms with van der Waals surface area (Å²) in [4.78, 5) is 0. The fraction of sp³-hybridized carbons (Fsp3) is 0.556. The Hall–Kier alpha value is -1.68. The van der Waals surface area contributed by atoms with Crippen LogP contribution in [0.25, 0.3) is 0 Å². The van der Waals surface area contributed by atoms with Crippen molar-refractivity contribution in [2.24, 2.45) is 0 Å². The number of nitrogens with one attached hydrogen (secondary N) is 1. The highest BCUT2D eigenvalue weighted by atomic mass is 15.3. The topological polar surface area (TPSA) is 42.7 Å². The molecule has 0 aliphatic carbocycles. The maximum absolute atomic E-state index is 4.36. The molecule has 1 aliphatic rings. The molecule has 0 bridgehead atoms.